The number of piperidine rings is 1. The fourth-order valence-electron chi connectivity index (χ4n) is 5.52. The number of rotatable bonds is 4. The molecule has 4 aromatic rings. The molecule has 1 fully saturated rings. The van der Waals surface area contributed by atoms with E-state index in [0.29, 0.717) is 6.04 Å². The number of aromatic amines is 1. The highest BCUT2D eigenvalue weighted by atomic mass is 16.2. The van der Waals surface area contributed by atoms with E-state index in [1.165, 1.54) is 22.5 Å². The number of aryl methyl sites for hydroxylation is 1. The lowest BCUT2D eigenvalue weighted by Gasteiger charge is -2.37. The van der Waals surface area contributed by atoms with Crippen LogP contribution < -0.4 is 10.2 Å². The van der Waals surface area contributed by atoms with Crippen molar-refractivity contribution in [2.45, 2.75) is 32.2 Å². The Morgan fingerprint density at radius 1 is 0.971 bits per heavy atom. The van der Waals surface area contributed by atoms with Gasteiger partial charge >= 0.3 is 0 Å². The molecule has 0 atom stereocenters. The summed E-state index contributed by atoms with van der Waals surface area (Å²) in [4.78, 5) is 21.7. The van der Waals surface area contributed by atoms with E-state index in [4.69, 9.17) is 0 Å². The Labute approximate surface area is 200 Å². The molecule has 0 radical (unpaired) electrons. The number of amides is 1. The third-order valence-electron chi connectivity index (χ3n) is 7.35. The molecular formula is C29H30N4O. The summed E-state index contributed by atoms with van der Waals surface area (Å²) >= 11 is 0. The predicted octanol–water partition coefficient (Wildman–Crippen LogP) is 5.56. The van der Waals surface area contributed by atoms with Crippen LogP contribution in [-0.2, 0) is 6.42 Å². The van der Waals surface area contributed by atoms with Crippen LogP contribution in [0.4, 0.5) is 11.4 Å². The highest BCUT2D eigenvalue weighted by Crippen LogP contribution is 2.35. The molecule has 1 saturated heterocycles. The molecule has 0 saturated carbocycles. The van der Waals surface area contributed by atoms with E-state index in [0.717, 1.165) is 61.2 Å². The molecule has 1 amide bonds. The Kier molecular flexibility index (Phi) is 5.25. The van der Waals surface area contributed by atoms with Crippen molar-refractivity contribution >= 4 is 28.2 Å². The quantitative estimate of drug-likeness (QED) is 0.428. The first-order valence-electron chi connectivity index (χ1n) is 12.2. The molecule has 3 heterocycles. The van der Waals surface area contributed by atoms with Crippen LogP contribution in [0.2, 0.25) is 0 Å². The highest BCUT2D eigenvalue weighted by Gasteiger charge is 2.32. The molecule has 5 heteroatoms. The fraction of sp³-hybridized carbons (Fsp3) is 0.276. The van der Waals surface area contributed by atoms with Crippen molar-refractivity contribution in [3.8, 4) is 0 Å². The van der Waals surface area contributed by atoms with E-state index >= 15 is 0 Å². The summed E-state index contributed by atoms with van der Waals surface area (Å²) < 4.78 is 0. The second-order valence-corrected chi connectivity index (χ2v) is 9.54. The van der Waals surface area contributed by atoms with Crippen LogP contribution in [0.3, 0.4) is 0 Å². The van der Waals surface area contributed by atoms with E-state index in [1.54, 1.807) is 0 Å². The maximum Gasteiger partial charge on any atom is 0.270 e. The lowest BCUT2D eigenvalue weighted by molar-refractivity contribution is 0.0707. The van der Waals surface area contributed by atoms with Gasteiger partial charge in [0.25, 0.3) is 5.91 Å². The highest BCUT2D eigenvalue weighted by molar-refractivity contribution is 6.01. The summed E-state index contributed by atoms with van der Waals surface area (Å²) in [7, 11) is 0. The third kappa shape index (κ3) is 3.71. The van der Waals surface area contributed by atoms with Gasteiger partial charge in [-0.05, 0) is 55.2 Å². The van der Waals surface area contributed by atoms with Crippen molar-refractivity contribution in [3.05, 3.63) is 95.2 Å². The van der Waals surface area contributed by atoms with Crippen LogP contribution in [0.1, 0.15) is 40.0 Å². The molecule has 3 aromatic carbocycles. The number of aromatic nitrogens is 1. The van der Waals surface area contributed by atoms with E-state index in [2.05, 4.69) is 88.9 Å². The van der Waals surface area contributed by atoms with E-state index < -0.39 is 0 Å². The zero-order chi connectivity index (χ0) is 23.1. The van der Waals surface area contributed by atoms with Gasteiger partial charge in [-0.3, -0.25) is 4.79 Å². The van der Waals surface area contributed by atoms with Gasteiger partial charge in [-0.1, -0.05) is 54.1 Å². The number of nitrogens with zero attached hydrogens (tertiary/aromatic N) is 2. The molecular weight excluding hydrogens is 420 g/mol. The number of nitrogens with one attached hydrogen (secondary N) is 2. The summed E-state index contributed by atoms with van der Waals surface area (Å²) in [6.07, 6.45) is 2.71. The van der Waals surface area contributed by atoms with Crippen molar-refractivity contribution < 1.29 is 4.79 Å². The van der Waals surface area contributed by atoms with Crippen LogP contribution in [0.15, 0.2) is 72.8 Å². The number of fused-ring (bicyclic) bond motifs is 2. The second kappa shape index (κ2) is 8.56. The summed E-state index contributed by atoms with van der Waals surface area (Å²) in [5.74, 6) is 0.123. The first-order valence-corrected chi connectivity index (χ1v) is 12.2. The average Bonchev–Trinajstić information content (AvgIpc) is 3.46. The van der Waals surface area contributed by atoms with Gasteiger partial charge in [-0.25, -0.2) is 0 Å². The predicted molar refractivity (Wildman–Crippen MR) is 139 cm³/mol. The number of likely N-dealkylation sites (tertiary alicyclic amines) is 1. The Morgan fingerprint density at radius 3 is 2.56 bits per heavy atom. The molecule has 0 bridgehead atoms. The van der Waals surface area contributed by atoms with E-state index in [-0.39, 0.29) is 5.91 Å². The number of H-pyrrole nitrogens is 1. The number of hydrogen-bond acceptors (Lipinski definition) is 3. The zero-order valence-corrected chi connectivity index (χ0v) is 19.6. The van der Waals surface area contributed by atoms with Crippen LogP contribution >= 0.6 is 0 Å². The summed E-state index contributed by atoms with van der Waals surface area (Å²) in [6, 6.07) is 25.8. The number of hydrogen-bond donors (Lipinski definition) is 2. The van der Waals surface area contributed by atoms with Crippen LogP contribution in [0.5, 0.6) is 0 Å². The fourth-order valence-corrected chi connectivity index (χ4v) is 5.52. The molecule has 6 rings (SSSR count). The molecule has 0 spiro atoms. The topological polar surface area (TPSA) is 51.4 Å². The Balaban J connectivity index is 1.24. The summed E-state index contributed by atoms with van der Waals surface area (Å²) in [6.45, 7) is 4.51. The van der Waals surface area contributed by atoms with Gasteiger partial charge in [-0.2, -0.15) is 0 Å². The average molecular weight is 451 g/mol. The van der Waals surface area contributed by atoms with E-state index in [9.17, 15) is 4.79 Å². The van der Waals surface area contributed by atoms with Crippen molar-refractivity contribution in [2.75, 3.05) is 30.0 Å². The maximum atomic E-state index is 13.8. The van der Waals surface area contributed by atoms with Gasteiger partial charge in [0.05, 0.1) is 18.0 Å². The third-order valence-corrected chi connectivity index (χ3v) is 7.35. The number of anilines is 2. The normalized spacial score (nSPS) is 16.0. The number of para-hydroxylation sites is 2. The minimum Gasteiger partial charge on any atom is -0.366 e. The summed E-state index contributed by atoms with van der Waals surface area (Å²) in [5.41, 5.74) is 7.81. The monoisotopic (exact) mass is 450 g/mol. The van der Waals surface area contributed by atoms with Gasteiger partial charge in [-0.15, -0.1) is 0 Å². The van der Waals surface area contributed by atoms with Crippen molar-refractivity contribution in [3.63, 3.8) is 0 Å². The van der Waals surface area contributed by atoms with Crippen molar-refractivity contribution in [2.24, 2.45) is 0 Å². The molecule has 0 aliphatic carbocycles. The molecule has 34 heavy (non-hydrogen) atoms. The minimum atomic E-state index is 0.123. The van der Waals surface area contributed by atoms with Crippen LogP contribution in [0.25, 0.3) is 10.9 Å². The Bertz CT molecular complexity index is 1340. The second-order valence-electron chi connectivity index (χ2n) is 9.54. The van der Waals surface area contributed by atoms with Gasteiger partial charge in [0.1, 0.15) is 5.69 Å². The van der Waals surface area contributed by atoms with Gasteiger partial charge in [0.2, 0.25) is 0 Å². The van der Waals surface area contributed by atoms with E-state index in [1.807, 2.05) is 11.0 Å². The Morgan fingerprint density at radius 2 is 1.74 bits per heavy atom. The molecule has 1 aromatic heterocycles. The standard InChI is InChI=1S/C29H30N4O/c1-20-11-12-25-23(17-20)24(18-21-7-3-2-4-8-21)28(31-25)29(34)32-15-13-22(14-16-32)33-19-30-26-9-5-6-10-27(26)33/h2-12,17,22,30-31H,13-16,18-19H2,1H3. The molecule has 5 nitrogen and oxygen atoms in total. The molecule has 2 aliphatic heterocycles. The lowest BCUT2D eigenvalue weighted by Crippen LogP contribution is -2.47. The van der Waals surface area contributed by atoms with Crippen LogP contribution in [0, 0.1) is 6.92 Å². The molecule has 2 N–H and O–H groups in total. The Hall–Kier alpha value is -3.73. The first-order chi connectivity index (χ1) is 16.7. The zero-order valence-electron chi connectivity index (χ0n) is 19.6. The smallest absolute Gasteiger partial charge is 0.270 e. The minimum absolute atomic E-state index is 0.123. The maximum absolute atomic E-state index is 13.8. The molecule has 172 valence electrons. The molecule has 0 unspecified atom stereocenters. The van der Waals surface area contributed by atoms with Gasteiger partial charge < -0.3 is 20.1 Å². The van der Waals surface area contributed by atoms with Gasteiger partial charge in [0.15, 0.2) is 0 Å². The van der Waals surface area contributed by atoms with Crippen LogP contribution in [-0.4, -0.2) is 41.6 Å². The van der Waals surface area contributed by atoms with Gasteiger partial charge in [0, 0.05) is 36.5 Å². The number of carbonyl (C=O) groups excluding carboxylic acids is 1. The van der Waals surface area contributed by atoms with Crippen molar-refractivity contribution in [1.29, 1.82) is 0 Å². The lowest BCUT2D eigenvalue weighted by atomic mass is 9.99. The largest absolute Gasteiger partial charge is 0.366 e. The SMILES string of the molecule is Cc1ccc2[nH]c(C(=O)N3CCC(N4CNc5ccccc54)CC3)c(Cc3ccccc3)c2c1. The number of benzene rings is 3. The first kappa shape index (κ1) is 20.8. The summed E-state index contributed by atoms with van der Waals surface area (Å²) in [5, 5.41) is 4.65. The molecule has 2 aliphatic rings. The van der Waals surface area contributed by atoms with Crippen molar-refractivity contribution in [1.82, 2.24) is 9.88 Å². The number of carbonyl (C=O) groups is 1.